The number of carbonyl (C=O) groups is 1. The third kappa shape index (κ3) is 4.36. The first kappa shape index (κ1) is 20.6. The van der Waals surface area contributed by atoms with Crippen molar-refractivity contribution in [2.45, 2.75) is 6.18 Å². The van der Waals surface area contributed by atoms with Gasteiger partial charge in [0.15, 0.2) is 6.61 Å². The van der Waals surface area contributed by atoms with Crippen LogP contribution in [0.15, 0.2) is 71.3 Å². The van der Waals surface area contributed by atoms with Gasteiger partial charge in [-0.25, -0.2) is 0 Å². The molecule has 0 aliphatic carbocycles. The van der Waals surface area contributed by atoms with Crippen molar-refractivity contribution >= 4 is 11.6 Å². The van der Waals surface area contributed by atoms with E-state index < -0.39 is 11.7 Å². The molecule has 1 N–H and O–H groups in total. The monoisotopic (exact) mass is 453 g/mol. The van der Waals surface area contributed by atoms with Crippen LogP contribution >= 0.6 is 0 Å². The Labute approximate surface area is 184 Å². The lowest BCUT2D eigenvalue weighted by Crippen LogP contribution is -2.25. The van der Waals surface area contributed by atoms with Gasteiger partial charge >= 0.3 is 6.18 Å². The average molecular weight is 453 g/mol. The van der Waals surface area contributed by atoms with Gasteiger partial charge in [0.2, 0.25) is 5.82 Å². The van der Waals surface area contributed by atoms with Crippen LogP contribution in [0.2, 0.25) is 0 Å². The average Bonchev–Trinajstić information content (AvgIpc) is 3.29. The third-order valence-corrected chi connectivity index (χ3v) is 4.82. The summed E-state index contributed by atoms with van der Waals surface area (Å²) in [6.45, 7) is -0.0631. The van der Waals surface area contributed by atoms with Crippen LogP contribution in [0, 0.1) is 0 Å². The summed E-state index contributed by atoms with van der Waals surface area (Å²) in [6.07, 6.45) is -4.40. The molecule has 0 radical (unpaired) electrons. The molecule has 0 unspecified atom stereocenters. The Bertz CT molecular complexity index is 1320. The summed E-state index contributed by atoms with van der Waals surface area (Å²) in [5.41, 5.74) is 1.11. The van der Waals surface area contributed by atoms with E-state index in [1.165, 1.54) is 12.1 Å². The summed E-state index contributed by atoms with van der Waals surface area (Å²) in [5, 5.41) is 6.70. The molecule has 1 amide bonds. The van der Waals surface area contributed by atoms with Crippen molar-refractivity contribution in [1.82, 2.24) is 10.1 Å². The second-order valence-corrected chi connectivity index (χ2v) is 7.12. The molecule has 10 heteroatoms. The minimum absolute atomic E-state index is 0.0631. The fourth-order valence-electron chi connectivity index (χ4n) is 3.19. The standard InChI is InChI=1S/C23H14F3N3O4/c24-23(25,26)15-4-8-17(9-5-15)32-16-6-1-13(2-7-16)21-28-22(33-29-21)14-3-10-18-19(11-14)31-12-20(30)27-18/h1-11H,12H2,(H,27,30). The number of nitrogens with one attached hydrogen (secondary N) is 1. The van der Waals surface area contributed by atoms with Crippen LogP contribution < -0.4 is 14.8 Å². The smallest absolute Gasteiger partial charge is 0.416 e. The number of halogens is 3. The maximum Gasteiger partial charge on any atom is 0.416 e. The highest BCUT2D eigenvalue weighted by Gasteiger charge is 2.30. The van der Waals surface area contributed by atoms with Crippen molar-refractivity contribution in [2.24, 2.45) is 0 Å². The van der Waals surface area contributed by atoms with Crippen molar-refractivity contribution < 1.29 is 32.0 Å². The molecule has 0 bridgehead atoms. The van der Waals surface area contributed by atoms with E-state index in [2.05, 4.69) is 15.5 Å². The van der Waals surface area contributed by atoms with Crippen LogP contribution in [0.25, 0.3) is 22.8 Å². The second-order valence-electron chi connectivity index (χ2n) is 7.12. The quantitative estimate of drug-likeness (QED) is 0.436. The minimum Gasteiger partial charge on any atom is -0.482 e. The molecule has 0 saturated carbocycles. The van der Waals surface area contributed by atoms with Crippen LogP contribution in [-0.2, 0) is 11.0 Å². The van der Waals surface area contributed by atoms with E-state index >= 15 is 0 Å². The summed E-state index contributed by atoms with van der Waals surface area (Å²) in [4.78, 5) is 15.8. The van der Waals surface area contributed by atoms with Crippen molar-refractivity contribution in [3.05, 3.63) is 72.3 Å². The summed E-state index contributed by atoms with van der Waals surface area (Å²) in [5.74, 6) is 1.63. The predicted molar refractivity (Wildman–Crippen MR) is 111 cm³/mol. The van der Waals surface area contributed by atoms with Gasteiger partial charge in [-0.15, -0.1) is 0 Å². The number of nitrogens with zero attached hydrogens (tertiary/aromatic N) is 2. The maximum absolute atomic E-state index is 12.7. The first-order valence-electron chi connectivity index (χ1n) is 9.71. The summed E-state index contributed by atoms with van der Waals surface area (Å²) in [7, 11) is 0. The SMILES string of the molecule is O=C1COc2cc(-c3nc(-c4ccc(Oc5ccc(C(F)(F)F)cc5)cc4)no3)ccc2N1. The number of aromatic nitrogens is 2. The molecule has 5 rings (SSSR count). The Hall–Kier alpha value is -4.34. The first-order chi connectivity index (χ1) is 15.8. The zero-order chi connectivity index (χ0) is 23.0. The van der Waals surface area contributed by atoms with Gasteiger partial charge in [-0.3, -0.25) is 4.79 Å². The minimum atomic E-state index is -4.40. The lowest BCUT2D eigenvalue weighted by molar-refractivity contribution is -0.137. The topological polar surface area (TPSA) is 86.5 Å². The van der Waals surface area contributed by atoms with E-state index in [-0.39, 0.29) is 24.2 Å². The fourth-order valence-corrected chi connectivity index (χ4v) is 3.19. The highest BCUT2D eigenvalue weighted by molar-refractivity contribution is 5.95. The van der Waals surface area contributed by atoms with Gasteiger partial charge in [0.05, 0.1) is 11.3 Å². The molecular weight excluding hydrogens is 439 g/mol. The Morgan fingerprint density at radius 3 is 2.27 bits per heavy atom. The maximum atomic E-state index is 12.7. The lowest BCUT2D eigenvalue weighted by Gasteiger charge is -2.17. The first-order valence-corrected chi connectivity index (χ1v) is 9.71. The molecule has 0 saturated heterocycles. The number of ether oxygens (including phenoxy) is 2. The van der Waals surface area contributed by atoms with Crippen molar-refractivity contribution in [3.63, 3.8) is 0 Å². The number of rotatable bonds is 4. The normalized spacial score (nSPS) is 13.1. The Morgan fingerprint density at radius 2 is 1.58 bits per heavy atom. The van der Waals surface area contributed by atoms with E-state index in [0.29, 0.717) is 34.1 Å². The largest absolute Gasteiger partial charge is 0.482 e. The molecule has 7 nitrogen and oxygen atoms in total. The number of amides is 1. The number of benzene rings is 3. The van der Waals surface area contributed by atoms with Crippen LogP contribution in [0.1, 0.15) is 5.56 Å². The molecular formula is C23H14F3N3O4. The predicted octanol–water partition coefficient (Wildman–Crippen LogP) is 5.55. The Morgan fingerprint density at radius 1 is 0.909 bits per heavy atom. The van der Waals surface area contributed by atoms with Gasteiger partial charge in [0.1, 0.15) is 17.2 Å². The molecule has 3 aromatic carbocycles. The Kier molecular flexibility index (Phi) is 4.97. The second kappa shape index (κ2) is 7.97. The van der Waals surface area contributed by atoms with E-state index in [9.17, 15) is 18.0 Å². The van der Waals surface area contributed by atoms with Crippen LogP contribution in [0.5, 0.6) is 17.2 Å². The van der Waals surface area contributed by atoms with Crippen molar-refractivity contribution in [3.8, 4) is 40.1 Å². The molecule has 1 aliphatic rings. The highest BCUT2D eigenvalue weighted by Crippen LogP contribution is 2.34. The van der Waals surface area contributed by atoms with Crippen molar-refractivity contribution in [2.75, 3.05) is 11.9 Å². The third-order valence-electron chi connectivity index (χ3n) is 4.82. The highest BCUT2D eigenvalue weighted by atomic mass is 19.4. The summed E-state index contributed by atoms with van der Waals surface area (Å²) < 4.78 is 54.4. The molecule has 166 valence electrons. The Balaban J connectivity index is 1.30. The van der Waals surface area contributed by atoms with Gasteiger partial charge < -0.3 is 19.3 Å². The zero-order valence-corrected chi connectivity index (χ0v) is 16.7. The van der Waals surface area contributed by atoms with Gasteiger partial charge in [0.25, 0.3) is 11.8 Å². The fraction of sp³-hybridized carbons (Fsp3) is 0.0870. The van der Waals surface area contributed by atoms with Gasteiger partial charge in [-0.1, -0.05) is 5.16 Å². The molecule has 1 aromatic heterocycles. The van der Waals surface area contributed by atoms with Gasteiger partial charge in [0, 0.05) is 11.1 Å². The molecule has 33 heavy (non-hydrogen) atoms. The summed E-state index contributed by atoms with van der Waals surface area (Å²) in [6, 6.07) is 16.3. The zero-order valence-electron chi connectivity index (χ0n) is 16.7. The summed E-state index contributed by atoms with van der Waals surface area (Å²) >= 11 is 0. The number of carbonyl (C=O) groups excluding carboxylic acids is 1. The van der Waals surface area contributed by atoms with Crippen molar-refractivity contribution in [1.29, 1.82) is 0 Å². The van der Waals surface area contributed by atoms with E-state index in [1.807, 2.05) is 0 Å². The van der Waals surface area contributed by atoms with E-state index in [1.54, 1.807) is 42.5 Å². The lowest BCUT2D eigenvalue weighted by atomic mass is 10.1. The van der Waals surface area contributed by atoms with Crippen LogP contribution in [0.3, 0.4) is 0 Å². The molecule has 4 aromatic rings. The van der Waals surface area contributed by atoms with Crippen LogP contribution in [-0.4, -0.2) is 22.7 Å². The number of alkyl halides is 3. The molecule has 1 aliphatic heterocycles. The number of hydrogen-bond acceptors (Lipinski definition) is 6. The molecule has 0 atom stereocenters. The molecule has 0 spiro atoms. The van der Waals surface area contributed by atoms with E-state index in [4.69, 9.17) is 14.0 Å². The van der Waals surface area contributed by atoms with E-state index in [0.717, 1.165) is 12.1 Å². The number of anilines is 1. The number of fused-ring (bicyclic) bond motifs is 1. The molecule has 2 heterocycles. The number of hydrogen-bond donors (Lipinski definition) is 1. The van der Waals surface area contributed by atoms with Gasteiger partial charge in [-0.2, -0.15) is 18.2 Å². The molecule has 0 fully saturated rings. The van der Waals surface area contributed by atoms with Gasteiger partial charge in [-0.05, 0) is 66.7 Å². The van der Waals surface area contributed by atoms with Crippen LogP contribution in [0.4, 0.5) is 18.9 Å².